The molecule has 5 nitrogen and oxygen atoms in total. The highest BCUT2D eigenvalue weighted by atomic mass is 16.2. The third-order valence-corrected chi connectivity index (χ3v) is 4.71. The van der Waals surface area contributed by atoms with Crippen molar-refractivity contribution in [2.45, 2.75) is 34.1 Å². The maximum atomic E-state index is 13.0. The first-order chi connectivity index (χ1) is 13.5. The van der Waals surface area contributed by atoms with Crippen molar-refractivity contribution in [1.29, 1.82) is 0 Å². The zero-order valence-electron chi connectivity index (χ0n) is 17.4. The van der Waals surface area contributed by atoms with E-state index in [1.165, 1.54) is 0 Å². The lowest BCUT2D eigenvalue weighted by Crippen LogP contribution is -2.43. The summed E-state index contributed by atoms with van der Waals surface area (Å²) in [6.45, 7) is 9.69. The summed E-state index contributed by atoms with van der Waals surface area (Å²) in [5.41, 5.74) is 3.82. The normalized spacial score (nSPS) is 10.8. The summed E-state index contributed by atoms with van der Waals surface area (Å²) in [7, 11) is 0. The number of aryl methyl sites for hydroxylation is 2. The van der Waals surface area contributed by atoms with Crippen molar-refractivity contribution in [3.8, 4) is 0 Å². The van der Waals surface area contributed by atoms with Gasteiger partial charge in [0.25, 0.3) is 0 Å². The Morgan fingerprint density at radius 1 is 0.893 bits per heavy atom. The third kappa shape index (κ3) is 5.92. The first-order valence-electron chi connectivity index (χ1n) is 9.90. The second-order valence-electron chi connectivity index (χ2n) is 7.00. The van der Waals surface area contributed by atoms with E-state index in [2.05, 4.69) is 12.2 Å². The van der Waals surface area contributed by atoms with E-state index in [9.17, 15) is 9.59 Å². The lowest BCUT2D eigenvalue weighted by atomic mass is 10.1. The van der Waals surface area contributed by atoms with Crippen molar-refractivity contribution in [3.05, 3.63) is 59.7 Å². The number of para-hydroxylation sites is 2. The molecule has 0 aliphatic carbocycles. The van der Waals surface area contributed by atoms with E-state index in [4.69, 9.17) is 0 Å². The second-order valence-corrected chi connectivity index (χ2v) is 7.00. The van der Waals surface area contributed by atoms with E-state index in [1.54, 1.807) is 4.90 Å². The summed E-state index contributed by atoms with van der Waals surface area (Å²) in [4.78, 5) is 29.2. The van der Waals surface area contributed by atoms with Crippen LogP contribution in [-0.2, 0) is 9.59 Å². The predicted molar refractivity (Wildman–Crippen MR) is 116 cm³/mol. The van der Waals surface area contributed by atoms with Gasteiger partial charge in [0.2, 0.25) is 11.8 Å². The molecular formula is C23H31N3O2. The minimum atomic E-state index is -0.102. The first kappa shape index (κ1) is 21.6. The molecular weight excluding hydrogens is 350 g/mol. The summed E-state index contributed by atoms with van der Waals surface area (Å²) < 4.78 is 0. The van der Waals surface area contributed by atoms with Crippen molar-refractivity contribution in [1.82, 2.24) is 4.90 Å². The van der Waals surface area contributed by atoms with Gasteiger partial charge in [-0.1, -0.05) is 43.3 Å². The highest BCUT2D eigenvalue weighted by Gasteiger charge is 2.20. The summed E-state index contributed by atoms with van der Waals surface area (Å²) in [5, 5.41) is 2.95. The Morgan fingerprint density at radius 2 is 1.54 bits per heavy atom. The van der Waals surface area contributed by atoms with Gasteiger partial charge >= 0.3 is 0 Å². The number of hydrogen-bond donors (Lipinski definition) is 1. The average Bonchev–Trinajstić information content (AvgIpc) is 2.66. The van der Waals surface area contributed by atoms with E-state index in [1.807, 2.05) is 74.2 Å². The summed E-state index contributed by atoms with van der Waals surface area (Å²) >= 11 is 0. The molecule has 2 aromatic carbocycles. The van der Waals surface area contributed by atoms with Gasteiger partial charge in [-0.2, -0.15) is 0 Å². The van der Waals surface area contributed by atoms with E-state index in [0.29, 0.717) is 13.1 Å². The molecule has 0 atom stereocenters. The Kier molecular flexibility index (Phi) is 8.20. The number of amides is 2. The number of likely N-dealkylation sites (N-methyl/N-ethyl adjacent to an activating group) is 1. The first-order valence-corrected chi connectivity index (χ1v) is 9.90. The molecule has 0 fully saturated rings. The van der Waals surface area contributed by atoms with Crippen molar-refractivity contribution in [3.63, 3.8) is 0 Å². The molecule has 2 rings (SSSR count). The summed E-state index contributed by atoms with van der Waals surface area (Å²) in [6, 6.07) is 15.6. The molecule has 0 bridgehead atoms. The fraction of sp³-hybridized carbons (Fsp3) is 0.391. The smallest absolute Gasteiger partial charge is 0.241 e. The molecule has 0 aliphatic heterocycles. The molecule has 150 valence electrons. The number of nitrogens with one attached hydrogen (secondary N) is 1. The van der Waals surface area contributed by atoms with Crippen LogP contribution in [0, 0.1) is 13.8 Å². The average molecular weight is 382 g/mol. The summed E-state index contributed by atoms with van der Waals surface area (Å²) in [6.07, 6.45) is 0.876. The Hall–Kier alpha value is -2.66. The monoisotopic (exact) mass is 381 g/mol. The van der Waals surface area contributed by atoms with Crippen LogP contribution in [0.3, 0.4) is 0 Å². The van der Waals surface area contributed by atoms with Gasteiger partial charge in [0.1, 0.15) is 0 Å². The predicted octanol–water partition coefficient (Wildman–Crippen LogP) is 4.01. The molecule has 5 heteroatoms. The number of rotatable bonds is 9. The fourth-order valence-electron chi connectivity index (χ4n) is 3.26. The minimum absolute atomic E-state index is 0.00828. The highest BCUT2D eigenvalue weighted by molar-refractivity contribution is 5.96. The summed E-state index contributed by atoms with van der Waals surface area (Å²) in [5.74, 6) is -0.0940. The number of nitrogens with zero attached hydrogens (tertiary/aromatic N) is 2. The van der Waals surface area contributed by atoms with Gasteiger partial charge in [-0.25, -0.2) is 0 Å². The molecule has 2 amide bonds. The van der Waals surface area contributed by atoms with Crippen molar-refractivity contribution < 1.29 is 9.59 Å². The Labute approximate surface area is 168 Å². The van der Waals surface area contributed by atoms with Crippen LogP contribution in [0.2, 0.25) is 0 Å². The Morgan fingerprint density at radius 3 is 2.14 bits per heavy atom. The van der Waals surface area contributed by atoms with Crippen molar-refractivity contribution in [2.75, 3.05) is 36.4 Å². The molecule has 0 aromatic heterocycles. The quantitative estimate of drug-likeness (QED) is 0.714. The van der Waals surface area contributed by atoms with Crippen LogP contribution in [0.1, 0.15) is 31.4 Å². The number of anilines is 2. The lowest BCUT2D eigenvalue weighted by molar-refractivity contribution is -0.121. The van der Waals surface area contributed by atoms with Crippen molar-refractivity contribution >= 4 is 23.2 Å². The van der Waals surface area contributed by atoms with Gasteiger partial charge in [-0.05, 0) is 57.0 Å². The van der Waals surface area contributed by atoms with Gasteiger partial charge < -0.3 is 10.2 Å². The van der Waals surface area contributed by atoms with E-state index in [-0.39, 0.29) is 24.9 Å². The lowest BCUT2D eigenvalue weighted by Gasteiger charge is -2.27. The number of hydrogen-bond acceptors (Lipinski definition) is 3. The Balaban J connectivity index is 2.04. The van der Waals surface area contributed by atoms with Crippen LogP contribution in [0.5, 0.6) is 0 Å². The number of carbonyl (C=O) groups is 2. The molecule has 0 radical (unpaired) electrons. The number of carbonyl (C=O) groups excluding carboxylic acids is 2. The van der Waals surface area contributed by atoms with Crippen LogP contribution in [0.15, 0.2) is 48.5 Å². The van der Waals surface area contributed by atoms with Crippen LogP contribution in [0.25, 0.3) is 0 Å². The minimum Gasteiger partial charge on any atom is -0.325 e. The van der Waals surface area contributed by atoms with Crippen LogP contribution in [-0.4, -0.2) is 42.9 Å². The molecule has 0 spiro atoms. The molecule has 0 heterocycles. The molecule has 0 saturated heterocycles. The fourth-order valence-corrected chi connectivity index (χ4v) is 3.26. The third-order valence-electron chi connectivity index (χ3n) is 4.71. The van der Waals surface area contributed by atoms with Crippen LogP contribution < -0.4 is 10.2 Å². The van der Waals surface area contributed by atoms with E-state index >= 15 is 0 Å². The standard InChI is InChI=1S/C23H31N3O2/c1-5-15-25(16-22(27)24-20-13-9-7-11-18(20)3)17-23(28)26(6-2)21-14-10-8-12-19(21)4/h7-14H,5-6,15-17H2,1-4H3,(H,24,27). The van der Waals surface area contributed by atoms with Crippen LogP contribution >= 0.6 is 0 Å². The Bertz CT molecular complexity index is 804. The second kappa shape index (κ2) is 10.6. The van der Waals surface area contributed by atoms with E-state index in [0.717, 1.165) is 28.9 Å². The van der Waals surface area contributed by atoms with Gasteiger partial charge in [-0.3, -0.25) is 14.5 Å². The number of benzene rings is 2. The molecule has 1 N–H and O–H groups in total. The zero-order valence-corrected chi connectivity index (χ0v) is 17.4. The largest absolute Gasteiger partial charge is 0.325 e. The molecule has 0 unspecified atom stereocenters. The highest BCUT2D eigenvalue weighted by Crippen LogP contribution is 2.19. The molecule has 28 heavy (non-hydrogen) atoms. The SMILES string of the molecule is CCCN(CC(=O)Nc1ccccc1C)CC(=O)N(CC)c1ccccc1C. The molecule has 0 aliphatic rings. The van der Waals surface area contributed by atoms with Gasteiger partial charge in [0.05, 0.1) is 13.1 Å². The van der Waals surface area contributed by atoms with Crippen molar-refractivity contribution in [2.24, 2.45) is 0 Å². The topological polar surface area (TPSA) is 52.7 Å². The van der Waals surface area contributed by atoms with E-state index < -0.39 is 0 Å². The van der Waals surface area contributed by atoms with Gasteiger partial charge in [0, 0.05) is 17.9 Å². The molecule has 2 aromatic rings. The zero-order chi connectivity index (χ0) is 20.5. The van der Waals surface area contributed by atoms with Crippen LogP contribution in [0.4, 0.5) is 11.4 Å². The van der Waals surface area contributed by atoms with Gasteiger partial charge in [-0.15, -0.1) is 0 Å². The maximum absolute atomic E-state index is 13.0. The molecule has 0 saturated carbocycles. The maximum Gasteiger partial charge on any atom is 0.241 e. The van der Waals surface area contributed by atoms with Gasteiger partial charge in [0.15, 0.2) is 0 Å².